The summed E-state index contributed by atoms with van der Waals surface area (Å²) >= 11 is 2.67. The van der Waals surface area contributed by atoms with Crippen molar-refractivity contribution in [1.82, 2.24) is 14.8 Å². The number of Topliss-reactive ketones (excluding diaryl/α,β-unsaturated/α-hetero) is 1. The number of nitrogens with zero attached hydrogens (tertiary/aromatic N) is 3. The van der Waals surface area contributed by atoms with Crippen molar-refractivity contribution >= 4 is 40.0 Å². The number of hydrogen-bond acceptors (Lipinski definition) is 6. The van der Waals surface area contributed by atoms with Gasteiger partial charge in [-0.25, -0.2) is 0 Å². The molecule has 0 radical (unpaired) electrons. The monoisotopic (exact) mass is 436 g/mol. The van der Waals surface area contributed by atoms with Gasteiger partial charge in [0.1, 0.15) is 15.9 Å². The van der Waals surface area contributed by atoms with Crippen LogP contribution in [0.25, 0.3) is 11.8 Å². The molecule has 1 saturated heterocycles. The van der Waals surface area contributed by atoms with Gasteiger partial charge in [0.05, 0.1) is 15.6 Å². The second-order valence-corrected chi connectivity index (χ2v) is 9.74. The quantitative estimate of drug-likeness (QED) is 0.545. The third-order valence-electron chi connectivity index (χ3n) is 5.44. The molecule has 3 heterocycles. The van der Waals surface area contributed by atoms with Gasteiger partial charge in [0.2, 0.25) is 0 Å². The Morgan fingerprint density at radius 2 is 1.87 bits per heavy atom. The molecule has 154 valence electrons. The van der Waals surface area contributed by atoms with E-state index in [0.717, 1.165) is 28.4 Å². The number of aromatic nitrogens is 3. The molecule has 30 heavy (non-hydrogen) atoms. The zero-order valence-electron chi connectivity index (χ0n) is 17.7. The van der Waals surface area contributed by atoms with Crippen molar-refractivity contribution in [2.24, 2.45) is 0 Å². The summed E-state index contributed by atoms with van der Waals surface area (Å²) in [7, 11) is 0. The lowest BCUT2D eigenvalue weighted by Crippen LogP contribution is -2.11. The van der Waals surface area contributed by atoms with E-state index in [1.165, 1.54) is 39.9 Å². The molecule has 0 amide bonds. The fraction of sp³-hybridized carbons (Fsp3) is 0.304. The molecule has 4 rings (SSSR count). The number of carbonyl (C=O) groups excluding carboxylic acids is 1. The largest absolute Gasteiger partial charge is 0.317 e. The molecular weight excluding hydrogens is 412 g/mol. The van der Waals surface area contributed by atoms with Gasteiger partial charge in [-0.3, -0.25) is 10.2 Å². The highest BCUT2D eigenvalue weighted by molar-refractivity contribution is 8.19. The Balaban J connectivity index is 1.73. The number of thioether (sulfide) groups is 1. The van der Waals surface area contributed by atoms with Gasteiger partial charge in [0, 0.05) is 11.4 Å². The average Bonchev–Trinajstić information content (AvgIpc) is 3.34. The number of benzene rings is 1. The molecule has 1 fully saturated rings. The second-order valence-electron chi connectivity index (χ2n) is 7.56. The molecule has 1 atom stereocenters. The predicted octanol–water partition coefficient (Wildman–Crippen LogP) is 5.54. The number of carbonyl (C=O) groups is 1. The fourth-order valence-corrected chi connectivity index (χ4v) is 5.86. The summed E-state index contributed by atoms with van der Waals surface area (Å²) in [5, 5.41) is 18.5. The van der Waals surface area contributed by atoms with E-state index >= 15 is 0 Å². The Bertz CT molecular complexity index is 1180. The smallest absolute Gasteiger partial charge is 0.186 e. The van der Waals surface area contributed by atoms with Gasteiger partial charge in [-0.1, -0.05) is 36.9 Å². The third kappa shape index (κ3) is 3.46. The second kappa shape index (κ2) is 7.96. The van der Waals surface area contributed by atoms with E-state index in [1.54, 1.807) is 0 Å². The van der Waals surface area contributed by atoms with Crippen molar-refractivity contribution in [1.29, 1.82) is 5.41 Å². The standard InChI is InChI=1S/C23H24N4OS2/c1-6-18-25-26-23(30-18)19-21(28)17(29-22(19)24)11-16-10-14(4)27(15(16)5)20-12(2)8-7-9-13(20)3/h7-11,19,24H,6H2,1-5H3/b17-11-,24-22?/t19-/m1/s1. The van der Waals surface area contributed by atoms with Crippen LogP contribution in [-0.2, 0) is 11.2 Å². The van der Waals surface area contributed by atoms with Gasteiger partial charge in [-0.15, -0.1) is 21.5 Å². The molecule has 0 spiro atoms. The number of allylic oxidation sites excluding steroid dienone is 1. The summed E-state index contributed by atoms with van der Waals surface area (Å²) < 4.78 is 2.25. The normalized spacial score (nSPS) is 18.0. The van der Waals surface area contributed by atoms with Crippen molar-refractivity contribution in [2.75, 3.05) is 0 Å². The highest BCUT2D eigenvalue weighted by Gasteiger charge is 2.39. The Labute approximate surface area is 184 Å². The molecule has 7 heteroatoms. The molecule has 2 aromatic heterocycles. The average molecular weight is 437 g/mol. The number of para-hydroxylation sites is 1. The molecule has 0 bridgehead atoms. The third-order valence-corrected chi connectivity index (χ3v) is 7.57. The Kier molecular flexibility index (Phi) is 5.51. The first-order valence-corrected chi connectivity index (χ1v) is 11.5. The zero-order chi connectivity index (χ0) is 21.6. The lowest BCUT2D eigenvalue weighted by Gasteiger charge is -2.15. The minimum atomic E-state index is -0.610. The molecule has 5 nitrogen and oxygen atoms in total. The van der Waals surface area contributed by atoms with Crippen LogP contribution in [0.3, 0.4) is 0 Å². The number of aryl methyl sites for hydroxylation is 4. The van der Waals surface area contributed by atoms with Crippen LogP contribution >= 0.6 is 23.1 Å². The highest BCUT2D eigenvalue weighted by atomic mass is 32.2. The minimum Gasteiger partial charge on any atom is -0.317 e. The van der Waals surface area contributed by atoms with Gasteiger partial charge in [0.25, 0.3) is 0 Å². The molecule has 1 N–H and O–H groups in total. The molecule has 3 aromatic rings. The summed E-state index contributed by atoms with van der Waals surface area (Å²) in [5.41, 5.74) is 6.83. The van der Waals surface area contributed by atoms with E-state index in [0.29, 0.717) is 15.0 Å². The van der Waals surface area contributed by atoms with Crippen LogP contribution in [-0.4, -0.2) is 25.6 Å². The Morgan fingerprint density at radius 1 is 1.17 bits per heavy atom. The summed E-state index contributed by atoms with van der Waals surface area (Å²) in [4.78, 5) is 13.7. The fourth-order valence-electron chi connectivity index (χ4n) is 3.92. The summed E-state index contributed by atoms with van der Waals surface area (Å²) in [6, 6.07) is 8.42. The van der Waals surface area contributed by atoms with Gasteiger partial charge in [-0.2, -0.15) is 0 Å². The maximum atomic E-state index is 13.1. The van der Waals surface area contributed by atoms with Crippen molar-refractivity contribution in [2.45, 2.75) is 47.0 Å². The zero-order valence-corrected chi connectivity index (χ0v) is 19.4. The molecule has 0 saturated carbocycles. The minimum absolute atomic E-state index is 0.0549. The molecule has 0 aliphatic carbocycles. The molecular formula is C23H24N4OS2. The predicted molar refractivity (Wildman–Crippen MR) is 125 cm³/mol. The number of hydrogen-bond donors (Lipinski definition) is 1. The van der Waals surface area contributed by atoms with Gasteiger partial charge < -0.3 is 4.57 Å². The van der Waals surface area contributed by atoms with E-state index in [-0.39, 0.29) is 5.78 Å². The van der Waals surface area contributed by atoms with E-state index in [2.05, 4.69) is 66.7 Å². The number of nitrogens with one attached hydrogen (secondary N) is 1. The molecule has 1 aromatic carbocycles. The van der Waals surface area contributed by atoms with Gasteiger partial charge in [0.15, 0.2) is 5.78 Å². The van der Waals surface area contributed by atoms with Crippen molar-refractivity contribution < 1.29 is 4.79 Å². The maximum absolute atomic E-state index is 13.1. The Morgan fingerprint density at radius 3 is 2.50 bits per heavy atom. The first-order valence-electron chi connectivity index (χ1n) is 9.91. The van der Waals surface area contributed by atoms with Gasteiger partial charge >= 0.3 is 0 Å². The van der Waals surface area contributed by atoms with Crippen LogP contribution in [0, 0.1) is 33.1 Å². The summed E-state index contributed by atoms with van der Waals surface area (Å²) in [6.45, 7) is 10.4. The Hall–Kier alpha value is -2.51. The van der Waals surface area contributed by atoms with Crippen molar-refractivity contribution in [3.63, 3.8) is 0 Å². The summed E-state index contributed by atoms with van der Waals surface area (Å²) in [6.07, 6.45) is 2.71. The van der Waals surface area contributed by atoms with Crippen molar-refractivity contribution in [3.8, 4) is 5.69 Å². The van der Waals surface area contributed by atoms with Crippen molar-refractivity contribution in [3.05, 3.63) is 67.3 Å². The van der Waals surface area contributed by atoms with E-state index in [9.17, 15) is 4.79 Å². The van der Waals surface area contributed by atoms with Crippen LogP contribution < -0.4 is 0 Å². The van der Waals surface area contributed by atoms with Crippen LogP contribution in [0.2, 0.25) is 0 Å². The van der Waals surface area contributed by atoms with Gasteiger partial charge in [-0.05, 0) is 62.9 Å². The van der Waals surface area contributed by atoms with Crippen LogP contribution in [0.5, 0.6) is 0 Å². The lowest BCUT2D eigenvalue weighted by molar-refractivity contribution is -0.114. The maximum Gasteiger partial charge on any atom is 0.186 e. The van der Waals surface area contributed by atoms with Crippen LogP contribution in [0.4, 0.5) is 0 Å². The molecule has 1 aliphatic rings. The number of rotatable bonds is 4. The molecule has 1 aliphatic heterocycles. The molecule has 0 unspecified atom stereocenters. The first kappa shape index (κ1) is 20.8. The highest BCUT2D eigenvalue weighted by Crippen LogP contribution is 2.42. The number of ketones is 1. The lowest BCUT2D eigenvalue weighted by atomic mass is 10.1. The van der Waals surface area contributed by atoms with E-state index in [1.807, 2.05) is 13.0 Å². The van der Waals surface area contributed by atoms with E-state index in [4.69, 9.17) is 5.41 Å². The van der Waals surface area contributed by atoms with Crippen LogP contribution in [0.15, 0.2) is 29.2 Å². The first-order chi connectivity index (χ1) is 14.3. The van der Waals surface area contributed by atoms with E-state index < -0.39 is 5.92 Å². The summed E-state index contributed by atoms with van der Waals surface area (Å²) in [5.74, 6) is -0.665. The SMILES string of the molecule is CCc1nnc([C@H]2C(=N)S/C(=C\c3cc(C)n(-c4c(C)cccc4C)c3C)C2=O)s1. The van der Waals surface area contributed by atoms with Crippen LogP contribution in [0.1, 0.15) is 50.9 Å². The topological polar surface area (TPSA) is 71.6 Å².